The van der Waals surface area contributed by atoms with Gasteiger partial charge in [-0.3, -0.25) is 0 Å². The third kappa shape index (κ3) is 3.14. The van der Waals surface area contributed by atoms with Gasteiger partial charge in [0.1, 0.15) is 5.75 Å². The van der Waals surface area contributed by atoms with E-state index in [4.69, 9.17) is 22.1 Å². The third-order valence-electron chi connectivity index (χ3n) is 3.75. The van der Waals surface area contributed by atoms with E-state index in [1.54, 1.807) is 7.11 Å². The average molecular weight is 290 g/mol. The predicted octanol–water partition coefficient (Wildman–Crippen LogP) is 3.81. The van der Waals surface area contributed by atoms with Crippen LogP contribution in [0.25, 0.3) is 0 Å². The van der Waals surface area contributed by atoms with Gasteiger partial charge >= 0.3 is 0 Å². The van der Waals surface area contributed by atoms with Crippen molar-refractivity contribution >= 4 is 11.6 Å². The molecule has 1 atom stereocenters. The lowest BCUT2D eigenvalue weighted by atomic mass is 9.77. The van der Waals surface area contributed by atoms with Crippen LogP contribution in [0.1, 0.15) is 18.1 Å². The van der Waals surface area contributed by atoms with Crippen molar-refractivity contribution in [2.24, 2.45) is 5.73 Å². The lowest BCUT2D eigenvalue weighted by molar-refractivity contribution is 0.399. The molecule has 0 heterocycles. The first-order valence-electron chi connectivity index (χ1n) is 6.67. The average Bonchev–Trinajstić information content (AvgIpc) is 2.47. The van der Waals surface area contributed by atoms with Crippen LogP contribution in [0.4, 0.5) is 0 Å². The second-order valence-electron chi connectivity index (χ2n) is 5.26. The van der Waals surface area contributed by atoms with Gasteiger partial charge in [-0.2, -0.15) is 0 Å². The third-order valence-corrected chi connectivity index (χ3v) is 3.98. The second-order valence-corrected chi connectivity index (χ2v) is 5.70. The molecule has 0 radical (unpaired) electrons. The van der Waals surface area contributed by atoms with Crippen LogP contribution in [-0.4, -0.2) is 13.7 Å². The van der Waals surface area contributed by atoms with Crippen molar-refractivity contribution in [3.8, 4) is 5.75 Å². The first kappa shape index (κ1) is 14.9. The Balaban J connectivity index is 2.36. The van der Waals surface area contributed by atoms with Crippen molar-refractivity contribution in [3.05, 3.63) is 64.7 Å². The largest absolute Gasteiger partial charge is 0.496 e. The summed E-state index contributed by atoms with van der Waals surface area (Å²) in [5, 5.41) is 0.738. The highest BCUT2D eigenvalue weighted by Crippen LogP contribution is 2.32. The van der Waals surface area contributed by atoms with Crippen LogP contribution in [-0.2, 0) is 11.8 Å². The van der Waals surface area contributed by atoms with E-state index in [-0.39, 0.29) is 5.41 Å². The second kappa shape index (κ2) is 6.29. The molecule has 2 rings (SSSR count). The highest BCUT2D eigenvalue weighted by atomic mass is 35.5. The van der Waals surface area contributed by atoms with E-state index < -0.39 is 0 Å². The number of hydrogen-bond acceptors (Lipinski definition) is 2. The van der Waals surface area contributed by atoms with Crippen molar-refractivity contribution in [1.82, 2.24) is 0 Å². The van der Waals surface area contributed by atoms with Crippen LogP contribution in [0.5, 0.6) is 5.75 Å². The van der Waals surface area contributed by atoms with Gasteiger partial charge < -0.3 is 10.5 Å². The predicted molar refractivity (Wildman–Crippen MR) is 84.6 cm³/mol. The Morgan fingerprint density at radius 1 is 1.15 bits per heavy atom. The zero-order chi connectivity index (χ0) is 14.6. The van der Waals surface area contributed by atoms with Gasteiger partial charge in [-0.15, -0.1) is 0 Å². The quantitative estimate of drug-likeness (QED) is 0.908. The van der Waals surface area contributed by atoms with E-state index in [2.05, 4.69) is 19.1 Å². The molecule has 3 heteroatoms. The lowest BCUT2D eigenvalue weighted by Crippen LogP contribution is -2.34. The molecule has 2 nitrogen and oxygen atoms in total. The van der Waals surface area contributed by atoms with Crippen LogP contribution < -0.4 is 10.5 Å². The zero-order valence-corrected chi connectivity index (χ0v) is 12.7. The van der Waals surface area contributed by atoms with Gasteiger partial charge in [0.25, 0.3) is 0 Å². The standard InChI is InChI=1S/C17H20ClNO/c1-17(12-19,14-7-5-8-15(18)10-14)11-13-6-3-4-9-16(13)20-2/h3-10H,11-12,19H2,1-2H3. The first-order chi connectivity index (χ1) is 9.59. The van der Waals surface area contributed by atoms with E-state index in [0.717, 1.165) is 28.3 Å². The minimum absolute atomic E-state index is 0.167. The number of para-hydroxylation sites is 1. The van der Waals surface area contributed by atoms with Crippen molar-refractivity contribution < 1.29 is 4.74 Å². The van der Waals surface area contributed by atoms with Crippen LogP contribution in [0.3, 0.4) is 0 Å². The highest BCUT2D eigenvalue weighted by Gasteiger charge is 2.26. The summed E-state index contributed by atoms with van der Waals surface area (Å²) in [7, 11) is 1.69. The topological polar surface area (TPSA) is 35.2 Å². The molecule has 0 aliphatic carbocycles. The van der Waals surface area contributed by atoms with E-state index in [0.29, 0.717) is 6.54 Å². The van der Waals surface area contributed by atoms with E-state index in [1.165, 1.54) is 0 Å². The van der Waals surface area contributed by atoms with E-state index in [9.17, 15) is 0 Å². The number of halogens is 1. The highest BCUT2D eigenvalue weighted by molar-refractivity contribution is 6.30. The number of hydrogen-bond donors (Lipinski definition) is 1. The Bertz CT molecular complexity index is 585. The van der Waals surface area contributed by atoms with E-state index in [1.807, 2.05) is 36.4 Å². The van der Waals surface area contributed by atoms with Crippen molar-refractivity contribution in [2.45, 2.75) is 18.8 Å². The first-order valence-corrected chi connectivity index (χ1v) is 7.05. The number of nitrogens with two attached hydrogens (primary N) is 1. The fourth-order valence-electron chi connectivity index (χ4n) is 2.43. The SMILES string of the molecule is COc1ccccc1CC(C)(CN)c1cccc(Cl)c1. The van der Waals surface area contributed by atoms with Crippen LogP contribution in [0, 0.1) is 0 Å². The Hall–Kier alpha value is -1.51. The Morgan fingerprint density at radius 3 is 2.55 bits per heavy atom. The molecular formula is C17H20ClNO. The summed E-state index contributed by atoms with van der Waals surface area (Å²) in [6.45, 7) is 2.70. The normalized spacial score (nSPS) is 13.8. The maximum absolute atomic E-state index is 6.10. The molecule has 20 heavy (non-hydrogen) atoms. The molecule has 0 aliphatic rings. The molecule has 2 aromatic carbocycles. The van der Waals surface area contributed by atoms with Gasteiger partial charge in [-0.25, -0.2) is 0 Å². The lowest BCUT2D eigenvalue weighted by Gasteiger charge is -2.29. The van der Waals surface area contributed by atoms with Gasteiger partial charge in [0.2, 0.25) is 0 Å². The summed E-state index contributed by atoms with van der Waals surface area (Å²) in [6.07, 6.45) is 0.813. The summed E-state index contributed by atoms with van der Waals surface area (Å²) < 4.78 is 5.43. The molecule has 0 bridgehead atoms. The summed E-state index contributed by atoms with van der Waals surface area (Å²) in [6, 6.07) is 16.0. The summed E-state index contributed by atoms with van der Waals surface area (Å²) in [5.41, 5.74) is 8.18. The molecule has 0 saturated carbocycles. The van der Waals surface area contributed by atoms with Gasteiger partial charge in [-0.05, 0) is 35.7 Å². The number of benzene rings is 2. The van der Waals surface area contributed by atoms with Crippen LogP contribution in [0.15, 0.2) is 48.5 Å². The molecule has 106 valence electrons. The monoisotopic (exact) mass is 289 g/mol. The maximum atomic E-state index is 6.10. The van der Waals surface area contributed by atoms with Crippen molar-refractivity contribution in [1.29, 1.82) is 0 Å². The summed E-state index contributed by atoms with van der Waals surface area (Å²) in [4.78, 5) is 0. The molecule has 0 spiro atoms. The minimum atomic E-state index is -0.167. The zero-order valence-electron chi connectivity index (χ0n) is 11.9. The van der Waals surface area contributed by atoms with E-state index >= 15 is 0 Å². The van der Waals surface area contributed by atoms with Crippen molar-refractivity contribution in [2.75, 3.05) is 13.7 Å². The molecule has 0 aliphatic heterocycles. The molecule has 2 aromatic rings. The van der Waals surface area contributed by atoms with Gasteiger partial charge in [-0.1, -0.05) is 48.9 Å². The molecule has 0 saturated heterocycles. The fraction of sp³-hybridized carbons (Fsp3) is 0.294. The smallest absolute Gasteiger partial charge is 0.122 e. The molecule has 0 amide bonds. The number of rotatable bonds is 5. The number of ether oxygens (including phenoxy) is 1. The number of methoxy groups -OCH3 is 1. The Morgan fingerprint density at radius 2 is 1.90 bits per heavy atom. The van der Waals surface area contributed by atoms with Crippen LogP contribution >= 0.6 is 11.6 Å². The Labute approximate surface area is 125 Å². The minimum Gasteiger partial charge on any atom is -0.496 e. The summed E-state index contributed by atoms with van der Waals surface area (Å²) >= 11 is 6.10. The molecule has 1 unspecified atom stereocenters. The molecular weight excluding hydrogens is 270 g/mol. The van der Waals surface area contributed by atoms with Gasteiger partial charge in [0.05, 0.1) is 7.11 Å². The summed E-state index contributed by atoms with van der Waals surface area (Å²) in [5.74, 6) is 0.897. The molecule has 0 fully saturated rings. The molecule has 2 N–H and O–H groups in total. The maximum Gasteiger partial charge on any atom is 0.122 e. The fourth-order valence-corrected chi connectivity index (χ4v) is 2.62. The van der Waals surface area contributed by atoms with Gasteiger partial charge in [0, 0.05) is 17.0 Å². The van der Waals surface area contributed by atoms with Crippen molar-refractivity contribution in [3.63, 3.8) is 0 Å². The van der Waals surface area contributed by atoms with Gasteiger partial charge in [0.15, 0.2) is 0 Å². The van der Waals surface area contributed by atoms with Crippen LogP contribution in [0.2, 0.25) is 5.02 Å². The molecule has 0 aromatic heterocycles. The Kier molecular flexibility index (Phi) is 4.69.